The number of halogens is 1. The largest absolute Gasteiger partial charge is 0.478 e. The maximum absolute atomic E-state index is 12.5. The molecule has 0 spiro atoms. The van der Waals surface area contributed by atoms with E-state index < -0.39 is 5.97 Å². The van der Waals surface area contributed by atoms with Gasteiger partial charge in [0, 0.05) is 99.4 Å². The molecule has 11 heteroatoms. The summed E-state index contributed by atoms with van der Waals surface area (Å²) in [5.41, 5.74) is 16.1. The Morgan fingerprint density at radius 2 is 1.11 bits per heavy atom. The van der Waals surface area contributed by atoms with E-state index in [2.05, 4.69) is 113 Å². The van der Waals surface area contributed by atoms with Gasteiger partial charge in [0.15, 0.2) is 0 Å². The standard InChI is InChI=1S/C35H39N3O2.C34H38ClN3O2/c1-40-35(39)26-16-17-29-31(23-26)38-22-10-21-37-24-27(13-9-20-36-18-6-3-7-19-36)28-14-8-15-30(33(28)37)34(38)32(29)25-11-4-2-5-12-25;35-29(15-20-36-16-5-2-6-17-36)28-22-37-18-8-19-38-30-21-24(34(39)40)13-14-26(30)31(23-9-3-1-4-10-23)33(38)27-12-7-11-25(28)32(27)37/h8,14-17,23-25H,2-7,10-12,18-22H2,1H3;7,11-15,21-23H,1-6,8-10,16-20H2,(H,39,40)/b;29-15-. The van der Waals surface area contributed by atoms with Crippen LogP contribution in [0.3, 0.4) is 0 Å². The number of carboxylic acid groups (broad SMARTS) is 1. The molecular formula is C69H77ClN6O4. The van der Waals surface area contributed by atoms with Crippen LogP contribution in [0.25, 0.3) is 71.2 Å². The summed E-state index contributed by atoms with van der Waals surface area (Å²) in [6, 6.07) is 25.4. The fourth-order valence-corrected chi connectivity index (χ4v) is 15.4. The maximum atomic E-state index is 12.5. The molecule has 2 saturated carbocycles. The summed E-state index contributed by atoms with van der Waals surface area (Å²) < 4.78 is 14.9. The minimum absolute atomic E-state index is 0.272. The fourth-order valence-electron chi connectivity index (χ4n) is 15.2. The number of carboxylic acids is 1. The summed E-state index contributed by atoms with van der Waals surface area (Å²) in [4.78, 5) is 29.5. The zero-order chi connectivity index (χ0) is 54.3. The molecule has 4 aliphatic heterocycles. The third-order valence-corrected chi connectivity index (χ3v) is 19.3. The number of likely N-dealkylation sites (tertiary alicyclic amines) is 2. The lowest BCUT2D eigenvalue weighted by atomic mass is 9.81. The number of ether oxygens (including phenoxy) is 1. The van der Waals surface area contributed by atoms with Crippen LogP contribution in [-0.4, -0.2) is 91.5 Å². The van der Waals surface area contributed by atoms with E-state index >= 15 is 0 Å². The number of para-hydroxylation sites is 2. The van der Waals surface area contributed by atoms with Gasteiger partial charge in [0.1, 0.15) is 0 Å². The van der Waals surface area contributed by atoms with Crippen LogP contribution in [0.2, 0.25) is 0 Å². The quantitative estimate of drug-likeness (QED) is 0.120. The van der Waals surface area contributed by atoms with E-state index in [4.69, 9.17) is 16.3 Å². The van der Waals surface area contributed by atoms with Gasteiger partial charge in [-0.25, -0.2) is 9.59 Å². The summed E-state index contributed by atoms with van der Waals surface area (Å²) in [5, 5.41) is 15.6. The van der Waals surface area contributed by atoms with Crippen molar-refractivity contribution in [3.05, 3.63) is 125 Å². The van der Waals surface area contributed by atoms with E-state index in [0.29, 0.717) is 23.0 Å². The number of aromatic carboxylic acids is 1. The Kier molecular flexibility index (Phi) is 15.3. The number of methoxy groups -OCH3 is 1. The van der Waals surface area contributed by atoms with E-state index in [1.165, 1.54) is 189 Å². The Balaban J connectivity index is 0.000000151. The van der Waals surface area contributed by atoms with Crippen molar-refractivity contribution in [1.29, 1.82) is 0 Å². The zero-order valence-electron chi connectivity index (χ0n) is 46.8. The van der Waals surface area contributed by atoms with E-state index in [9.17, 15) is 14.7 Å². The van der Waals surface area contributed by atoms with E-state index in [0.717, 1.165) is 92.4 Å². The van der Waals surface area contributed by atoms with Crippen LogP contribution in [0.5, 0.6) is 0 Å². The van der Waals surface area contributed by atoms with E-state index in [1.54, 1.807) is 6.07 Å². The highest BCUT2D eigenvalue weighted by Crippen LogP contribution is 2.49. The van der Waals surface area contributed by atoms with Crippen molar-refractivity contribution in [3.63, 3.8) is 0 Å². The summed E-state index contributed by atoms with van der Waals surface area (Å²) in [6.07, 6.45) is 29.2. The second kappa shape index (κ2) is 23.2. The van der Waals surface area contributed by atoms with Crippen LogP contribution in [0.15, 0.2) is 91.3 Å². The lowest BCUT2D eigenvalue weighted by Gasteiger charge is -2.25. The molecule has 0 unspecified atom stereocenters. The molecule has 0 radical (unpaired) electrons. The second-order valence-electron chi connectivity index (χ2n) is 23.9. The number of aryl methyl sites for hydroxylation is 4. The minimum Gasteiger partial charge on any atom is -0.478 e. The molecule has 8 aromatic rings. The van der Waals surface area contributed by atoms with Crippen molar-refractivity contribution < 1.29 is 19.4 Å². The number of aromatic nitrogens is 4. The molecule has 4 aromatic carbocycles. The maximum Gasteiger partial charge on any atom is 0.337 e. The molecule has 14 rings (SSSR count). The summed E-state index contributed by atoms with van der Waals surface area (Å²) in [5.74, 6) is 6.98. The van der Waals surface area contributed by atoms with Gasteiger partial charge in [-0.2, -0.15) is 0 Å². The predicted octanol–water partition coefficient (Wildman–Crippen LogP) is 15.8. The Bertz CT molecular complexity index is 3740. The van der Waals surface area contributed by atoms with Crippen LogP contribution in [-0.2, 0) is 30.9 Å². The number of hydrogen-bond acceptors (Lipinski definition) is 5. The Morgan fingerprint density at radius 1 is 0.588 bits per heavy atom. The molecule has 4 fully saturated rings. The van der Waals surface area contributed by atoms with Crippen molar-refractivity contribution >= 4 is 72.2 Å². The van der Waals surface area contributed by atoms with Gasteiger partial charge >= 0.3 is 11.9 Å². The number of carbonyl (C=O) groups is 2. The lowest BCUT2D eigenvalue weighted by Crippen LogP contribution is -2.29. The SMILES string of the molecule is COC(=O)c1ccc2c(C3CCCCC3)c3n(c2c1)CCCn1cc(C#CCN2CCCCC2)c2cccc-3c21.O=C(O)c1ccc2c(C3CCCCC3)c3n(c2c1)CCCn1cc(/C(Cl)=C/CN2CCCCC2)c2cccc-3c21. The topological polar surface area (TPSA) is 89.8 Å². The molecule has 2 saturated heterocycles. The highest BCUT2D eigenvalue weighted by Gasteiger charge is 2.32. The van der Waals surface area contributed by atoms with E-state index in [1.807, 2.05) is 12.1 Å². The van der Waals surface area contributed by atoms with Gasteiger partial charge in [-0.05, 0) is 138 Å². The van der Waals surface area contributed by atoms with Gasteiger partial charge in [0.05, 0.1) is 52.8 Å². The van der Waals surface area contributed by atoms with Gasteiger partial charge in [-0.3, -0.25) is 9.80 Å². The van der Waals surface area contributed by atoms with Gasteiger partial charge in [-0.15, -0.1) is 0 Å². The number of piperidine rings is 2. The third kappa shape index (κ3) is 10.00. The molecule has 8 heterocycles. The summed E-state index contributed by atoms with van der Waals surface area (Å²) in [6.45, 7) is 10.1. The lowest BCUT2D eigenvalue weighted by molar-refractivity contribution is 0.0600. The highest BCUT2D eigenvalue weighted by molar-refractivity contribution is 6.50. The highest BCUT2D eigenvalue weighted by atomic mass is 35.5. The number of hydrogen-bond donors (Lipinski definition) is 1. The van der Waals surface area contributed by atoms with Crippen molar-refractivity contribution in [2.45, 2.75) is 154 Å². The summed E-state index contributed by atoms with van der Waals surface area (Å²) in [7, 11) is 1.46. The fraction of sp³-hybridized carbons (Fsp3) is 0.449. The normalized spacial score (nSPS) is 18.6. The summed E-state index contributed by atoms with van der Waals surface area (Å²) >= 11 is 7.05. The van der Waals surface area contributed by atoms with Crippen LogP contribution < -0.4 is 0 Å². The molecule has 80 heavy (non-hydrogen) atoms. The number of nitrogens with zero attached hydrogens (tertiary/aromatic N) is 6. The molecule has 6 aliphatic rings. The average molecular weight is 1090 g/mol. The molecule has 2 aliphatic carbocycles. The number of fused-ring (bicyclic) bond motifs is 8. The molecular weight excluding hydrogens is 1010 g/mol. The molecule has 0 amide bonds. The predicted molar refractivity (Wildman–Crippen MR) is 326 cm³/mol. The number of benzene rings is 4. The van der Waals surface area contributed by atoms with Crippen LogP contribution in [0, 0.1) is 11.8 Å². The Hall–Kier alpha value is -6.51. The van der Waals surface area contributed by atoms with Crippen molar-refractivity contribution in [3.8, 4) is 34.4 Å². The molecule has 0 bridgehead atoms. The van der Waals surface area contributed by atoms with E-state index in [-0.39, 0.29) is 5.97 Å². The number of esters is 1. The monoisotopic (exact) mass is 1090 g/mol. The van der Waals surface area contributed by atoms with Crippen molar-refractivity contribution in [2.24, 2.45) is 0 Å². The molecule has 414 valence electrons. The molecule has 4 aromatic heterocycles. The first kappa shape index (κ1) is 52.8. The van der Waals surface area contributed by atoms with Crippen LogP contribution in [0.4, 0.5) is 0 Å². The first-order valence-electron chi connectivity index (χ1n) is 30.5. The first-order chi connectivity index (χ1) is 39.3. The van der Waals surface area contributed by atoms with Gasteiger partial charge in [0.2, 0.25) is 0 Å². The number of rotatable bonds is 8. The second-order valence-corrected chi connectivity index (χ2v) is 24.3. The molecule has 0 atom stereocenters. The molecule has 1 N–H and O–H groups in total. The van der Waals surface area contributed by atoms with Gasteiger partial charge < -0.3 is 28.1 Å². The first-order valence-corrected chi connectivity index (χ1v) is 30.9. The van der Waals surface area contributed by atoms with Gasteiger partial charge in [-0.1, -0.05) is 129 Å². The van der Waals surface area contributed by atoms with Crippen LogP contribution >= 0.6 is 11.6 Å². The smallest absolute Gasteiger partial charge is 0.337 e. The Labute approximate surface area is 476 Å². The van der Waals surface area contributed by atoms with Crippen molar-refractivity contribution in [2.75, 3.05) is 46.4 Å². The Morgan fingerprint density at radius 3 is 1.70 bits per heavy atom. The minimum atomic E-state index is -0.867. The third-order valence-electron chi connectivity index (χ3n) is 19.0. The van der Waals surface area contributed by atoms with Crippen molar-refractivity contribution in [1.82, 2.24) is 28.1 Å². The zero-order valence-corrected chi connectivity index (χ0v) is 47.6. The number of carbonyl (C=O) groups excluding carboxylic acids is 1. The average Bonchev–Trinajstić information content (AvgIpc) is 4.31. The van der Waals surface area contributed by atoms with Gasteiger partial charge in [0.25, 0.3) is 0 Å². The molecule has 10 nitrogen and oxygen atoms in total. The van der Waals surface area contributed by atoms with Crippen LogP contribution in [0.1, 0.15) is 170 Å².